The van der Waals surface area contributed by atoms with Crippen LogP contribution in [0.4, 0.5) is 8.78 Å². The third-order valence-corrected chi connectivity index (χ3v) is 8.08. The molecule has 7 rings (SSSR count). The molecule has 0 aliphatic carbocycles. The summed E-state index contributed by atoms with van der Waals surface area (Å²) in [5, 5.41) is 0. The highest BCUT2D eigenvalue weighted by molar-refractivity contribution is 6.09. The number of hydrogen-bond donors (Lipinski definition) is 1. The summed E-state index contributed by atoms with van der Waals surface area (Å²) in [5.74, 6) is -0.0339. The van der Waals surface area contributed by atoms with Crippen molar-refractivity contribution in [3.8, 4) is 23.0 Å². The fraction of sp³-hybridized carbons (Fsp3) is 0.0952. The molecule has 9 heteroatoms. The minimum Gasteiger partial charge on any atom is -0.457 e. The van der Waals surface area contributed by atoms with E-state index in [1.54, 1.807) is 48.5 Å². The second-order valence-electron chi connectivity index (χ2n) is 11.3. The number of rotatable bonds is 10. The van der Waals surface area contributed by atoms with E-state index in [9.17, 15) is 18.4 Å². The topological polar surface area (TPSA) is 106 Å². The van der Waals surface area contributed by atoms with Crippen LogP contribution in [0.2, 0.25) is 0 Å². The Morgan fingerprint density at radius 1 is 0.451 bits per heavy atom. The van der Waals surface area contributed by atoms with Crippen molar-refractivity contribution in [2.24, 2.45) is 0 Å². The second-order valence-corrected chi connectivity index (χ2v) is 11.3. The van der Waals surface area contributed by atoms with E-state index in [1.807, 2.05) is 48.5 Å². The molecule has 0 bridgehead atoms. The molecule has 1 fully saturated rings. The van der Waals surface area contributed by atoms with Crippen molar-refractivity contribution in [3.63, 3.8) is 0 Å². The number of benzene rings is 6. The van der Waals surface area contributed by atoms with Crippen LogP contribution in [0.3, 0.4) is 0 Å². The number of hydrogen-bond acceptors (Lipinski definition) is 7. The average Bonchev–Trinajstić information content (AvgIpc) is 3.64. The van der Waals surface area contributed by atoms with Crippen molar-refractivity contribution >= 4 is 11.6 Å². The molecule has 0 atom stereocenters. The monoisotopic (exact) mass is 687 g/mol. The van der Waals surface area contributed by atoms with Crippen molar-refractivity contribution in [2.45, 2.75) is 13.2 Å². The van der Waals surface area contributed by atoms with Crippen LogP contribution in [-0.2, 0) is 15.3 Å². The van der Waals surface area contributed by atoms with Crippen molar-refractivity contribution in [2.75, 3.05) is 13.2 Å². The Hall–Kier alpha value is -6.00. The van der Waals surface area contributed by atoms with Gasteiger partial charge in [0, 0.05) is 33.4 Å². The van der Waals surface area contributed by atoms with Crippen LogP contribution in [0.1, 0.15) is 50.4 Å². The van der Waals surface area contributed by atoms with Gasteiger partial charge in [-0.3, -0.25) is 9.59 Å². The van der Waals surface area contributed by atoms with Crippen LogP contribution in [0.25, 0.3) is 0 Å². The molecule has 1 saturated heterocycles. The SMILES string of the molecule is C.N.O=C(c1ccc(F)cc1)c1ccc(Oc2ccc(C3(c4ccc(Oc5ccc(C(=O)c6ccc(F)cc6)cc5)cc4)OCCO3)cc2)cc1. The van der Waals surface area contributed by atoms with Gasteiger partial charge in [-0.2, -0.15) is 0 Å². The van der Waals surface area contributed by atoms with E-state index >= 15 is 0 Å². The first kappa shape index (κ1) is 36.3. The standard InChI is InChI=1S/C41H28F2O6.CH4.H3N/c42-33-13-1-27(2-14-33)39(44)29-5-17-35(18-6-29)48-37-21-9-31(10-22-37)41(46-25-26-47-41)32-11-23-38(24-12-32)49-36-19-7-30(8-20-36)40(45)28-3-15-34(43)16-4-28;;/h1-24H,25-26H2;1H4;1H3. The molecule has 258 valence electrons. The summed E-state index contributed by atoms with van der Waals surface area (Å²) in [6.07, 6.45) is 0. The highest BCUT2D eigenvalue weighted by Gasteiger charge is 2.40. The van der Waals surface area contributed by atoms with Crippen molar-refractivity contribution in [1.29, 1.82) is 0 Å². The Morgan fingerprint density at radius 3 is 1.00 bits per heavy atom. The summed E-state index contributed by atoms with van der Waals surface area (Å²) < 4.78 is 50.8. The molecule has 0 saturated carbocycles. The third kappa shape index (κ3) is 7.92. The van der Waals surface area contributed by atoms with E-state index in [0.717, 1.165) is 11.1 Å². The quantitative estimate of drug-likeness (QED) is 0.143. The molecule has 1 heterocycles. The molecular weight excluding hydrogens is 652 g/mol. The zero-order valence-electron chi connectivity index (χ0n) is 26.7. The van der Waals surface area contributed by atoms with Gasteiger partial charge in [-0.1, -0.05) is 7.43 Å². The van der Waals surface area contributed by atoms with Gasteiger partial charge in [-0.25, -0.2) is 8.78 Å². The van der Waals surface area contributed by atoms with Crippen LogP contribution in [-0.4, -0.2) is 24.8 Å². The van der Waals surface area contributed by atoms with Gasteiger partial charge in [-0.05, 0) is 146 Å². The second kappa shape index (κ2) is 15.7. The van der Waals surface area contributed by atoms with Gasteiger partial charge < -0.3 is 25.1 Å². The molecule has 7 nitrogen and oxygen atoms in total. The molecule has 0 spiro atoms. The molecule has 0 aromatic heterocycles. The minimum absolute atomic E-state index is 0. The van der Waals surface area contributed by atoms with E-state index in [-0.39, 0.29) is 25.1 Å². The van der Waals surface area contributed by atoms with E-state index < -0.39 is 17.4 Å². The lowest BCUT2D eigenvalue weighted by molar-refractivity contribution is -0.129. The van der Waals surface area contributed by atoms with Gasteiger partial charge in [0.15, 0.2) is 11.6 Å². The predicted octanol–water partition coefficient (Wildman–Crippen LogP) is 10.1. The van der Waals surface area contributed by atoms with Gasteiger partial charge in [0.25, 0.3) is 0 Å². The van der Waals surface area contributed by atoms with Crippen molar-refractivity contribution in [1.82, 2.24) is 6.15 Å². The maximum Gasteiger partial charge on any atom is 0.222 e. The van der Waals surface area contributed by atoms with E-state index in [2.05, 4.69) is 0 Å². The van der Waals surface area contributed by atoms with Gasteiger partial charge >= 0.3 is 0 Å². The van der Waals surface area contributed by atoms with Crippen LogP contribution < -0.4 is 15.6 Å². The molecule has 0 unspecified atom stereocenters. The minimum atomic E-state index is -1.11. The van der Waals surface area contributed by atoms with Gasteiger partial charge in [0.05, 0.1) is 13.2 Å². The van der Waals surface area contributed by atoms with Crippen LogP contribution in [0.5, 0.6) is 23.0 Å². The average molecular weight is 688 g/mol. The zero-order valence-corrected chi connectivity index (χ0v) is 26.7. The summed E-state index contributed by atoms with van der Waals surface area (Å²) >= 11 is 0. The van der Waals surface area contributed by atoms with Crippen LogP contribution >= 0.6 is 0 Å². The van der Waals surface area contributed by atoms with Gasteiger partial charge in [0.1, 0.15) is 34.6 Å². The Kier molecular flexibility index (Phi) is 11.2. The van der Waals surface area contributed by atoms with Crippen molar-refractivity contribution < 1.29 is 37.3 Å². The molecule has 6 aromatic carbocycles. The normalized spacial score (nSPS) is 13.0. The number of carbonyl (C=O) groups excluding carboxylic acids is 2. The van der Waals surface area contributed by atoms with E-state index in [1.165, 1.54) is 48.5 Å². The molecular formula is C42H35F2NO6. The molecule has 1 aliphatic heterocycles. The summed E-state index contributed by atoms with van der Waals surface area (Å²) in [5.41, 5.74) is 3.32. The molecule has 0 radical (unpaired) electrons. The molecule has 3 N–H and O–H groups in total. The lowest BCUT2D eigenvalue weighted by Gasteiger charge is -2.28. The Labute approximate surface area is 294 Å². The number of halogens is 2. The van der Waals surface area contributed by atoms with Gasteiger partial charge in [-0.15, -0.1) is 0 Å². The van der Waals surface area contributed by atoms with Crippen LogP contribution in [0.15, 0.2) is 146 Å². The summed E-state index contributed by atoms with van der Waals surface area (Å²) in [6.45, 7) is 0.838. The first-order chi connectivity index (χ1) is 23.9. The largest absolute Gasteiger partial charge is 0.457 e. The highest BCUT2D eigenvalue weighted by Crippen LogP contribution is 2.40. The van der Waals surface area contributed by atoms with Crippen LogP contribution in [0, 0.1) is 11.6 Å². The summed E-state index contributed by atoms with van der Waals surface area (Å²) in [7, 11) is 0. The Morgan fingerprint density at radius 2 is 0.706 bits per heavy atom. The Bertz CT molecular complexity index is 1930. The molecule has 1 aliphatic rings. The first-order valence-electron chi connectivity index (χ1n) is 15.5. The first-order valence-corrected chi connectivity index (χ1v) is 15.5. The summed E-state index contributed by atoms with van der Waals surface area (Å²) in [4.78, 5) is 25.4. The van der Waals surface area contributed by atoms with E-state index in [4.69, 9.17) is 18.9 Å². The lowest BCUT2D eigenvalue weighted by Crippen LogP contribution is -2.28. The molecule has 0 amide bonds. The maximum absolute atomic E-state index is 13.2. The fourth-order valence-corrected chi connectivity index (χ4v) is 5.55. The number of ether oxygens (including phenoxy) is 4. The van der Waals surface area contributed by atoms with E-state index in [0.29, 0.717) is 58.5 Å². The summed E-state index contributed by atoms with van der Waals surface area (Å²) in [6, 6.07) is 39.2. The lowest BCUT2D eigenvalue weighted by atomic mass is 9.97. The van der Waals surface area contributed by atoms with Gasteiger partial charge in [0.2, 0.25) is 5.79 Å². The smallest absolute Gasteiger partial charge is 0.222 e. The number of ketones is 2. The zero-order chi connectivity index (χ0) is 33.8. The Balaban J connectivity index is 0.00000252. The predicted molar refractivity (Wildman–Crippen MR) is 190 cm³/mol. The molecule has 51 heavy (non-hydrogen) atoms. The molecule has 6 aromatic rings. The number of carbonyl (C=O) groups is 2. The highest BCUT2D eigenvalue weighted by atomic mass is 19.1. The third-order valence-electron chi connectivity index (χ3n) is 8.08. The fourth-order valence-electron chi connectivity index (χ4n) is 5.55. The van der Waals surface area contributed by atoms with Crippen molar-refractivity contribution in [3.05, 3.63) is 191 Å². The maximum atomic E-state index is 13.2.